The number of hydrogen-bond donors (Lipinski definition) is 2. The van der Waals surface area contributed by atoms with Crippen LogP contribution in [0.15, 0.2) is 76.5 Å². The van der Waals surface area contributed by atoms with E-state index in [0.29, 0.717) is 11.4 Å². The Kier molecular flexibility index (Phi) is 4.72. The molecule has 3 aromatic rings. The molecule has 0 radical (unpaired) electrons. The van der Waals surface area contributed by atoms with Crippen molar-refractivity contribution in [1.29, 1.82) is 0 Å². The van der Waals surface area contributed by atoms with Crippen LogP contribution in [0.3, 0.4) is 0 Å². The summed E-state index contributed by atoms with van der Waals surface area (Å²) in [5, 5.41) is 3.40. The van der Waals surface area contributed by atoms with Gasteiger partial charge in [-0.25, -0.2) is 8.42 Å². The minimum absolute atomic E-state index is 0.183. The van der Waals surface area contributed by atoms with E-state index < -0.39 is 10.0 Å². The number of para-hydroxylation sites is 2. The van der Waals surface area contributed by atoms with Crippen molar-refractivity contribution >= 4 is 38.8 Å². The first-order valence-electron chi connectivity index (χ1n) is 8.34. The SMILES string of the molecule is COc1ccc(S(=O)(=O)Nc2cccc3c2Nc2ccccc2CS3)cc1. The molecule has 0 unspecified atom stereocenters. The van der Waals surface area contributed by atoms with Gasteiger partial charge in [-0.05, 0) is 48.0 Å². The third-order valence-corrected chi connectivity index (χ3v) is 6.79. The molecule has 0 amide bonds. The molecule has 1 aliphatic rings. The highest BCUT2D eigenvalue weighted by molar-refractivity contribution is 7.98. The molecule has 0 fully saturated rings. The largest absolute Gasteiger partial charge is 0.497 e. The smallest absolute Gasteiger partial charge is 0.261 e. The Bertz CT molecular complexity index is 1080. The third kappa shape index (κ3) is 3.61. The summed E-state index contributed by atoms with van der Waals surface area (Å²) in [6.45, 7) is 0. The summed E-state index contributed by atoms with van der Waals surface area (Å²) in [5.41, 5.74) is 3.46. The van der Waals surface area contributed by atoms with Crippen molar-refractivity contribution in [2.24, 2.45) is 0 Å². The van der Waals surface area contributed by atoms with Crippen LogP contribution in [0.1, 0.15) is 5.56 Å². The minimum Gasteiger partial charge on any atom is -0.497 e. The molecular weight excluding hydrogens is 380 g/mol. The molecule has 0 bridgehead atoms. The minimum atomic E-state index is -3.72. The second kappa shape index (κ2) is 7.17. The van der Waals surface area contributed by atoms with E-state index in [2.05, 4.69) is 16.1 Å². The van der Waals surface area contributed by atoms with Crippen LogP contribution in [-0.2, 0) is 15.8 Å². The van der Waals surface area contributed by atoms with Gasteiger partial charge in [0.15, 0.2) is 0 Å². The van der Waals surface area contributed by atoms with Gasteiger partial charge in [-0.2, -0.15) is 0 Å². The highest BCUT2D eigenvalue weighted by Crippen LogP contribution is 2.42. The molecule has 138 valence electrons. The topological polar surface area (TPSA) is 67.4 Å². The van der Waals surface area contributed by atoms with E-state index in [0.717, 1.165) is 22.0 Å². The summed E-state index contributed by atoms with van der Waals surface area (Å²) in [5.74, 6) is 1.43. The standard InChI is InChI=1S/C20H18N2O3S2/c1-25-15-9-11-16(12-10-15)27(23,24)22-18-7-4-8-19-20(18)21-17-6-3-2-5-14(17)13-26-19/h2-12,21-22H,13H2,1H3. The van der Waals surface area contributed by atoms with Crippen LogP contribution in [0.2, 0.25) is 0 Å². The van der Waals surface area contributed by atoms with Crippen molar-refractivity contribution in [3.05, 3.63) is 72.3 Å². The van der Waals surface area contributed by atoms with Gasteiger partial charge in [-0.15, -0.1) is 11.8 Å². The van der Waals surface area contributed by atoms with Crippen molar-refractivity contribution in [3.8, 4) is 5.75 Å². The lowest BCUT2D eigenvalue weighted by Crippen LogP contribution is -2.14. The number of nitrogens with one attached hydrogen (secondary N) is 2. The molecule has 1 aliphatic heterocycles. The molecule has 0 saturated heterocycles. The number of benzene rings is 3. The molecule has 0 saturated carbocycles. The first kappa shape index (κ1) is 17.8. The average molecular weight is 399 g/mol. The summed E-state index contributed by atoms with van der Waals surface area (Å²) >= 11 is 1.68. The maximum Gasteiger partial charge on any atom is 0.261 e. The van der Waals surface area contributed by atoms with Gasteiger partial charge in [-0.3, -0.25) is 4.72 Å². The van der Waals surface area contributed by atoms with E-state index >= 15 is 0 Å². The van der Waals surface area contributed by atoms with Crippen molar-refractivity contribution in [2.45, 2.75) is 15.5 Å². The van der Waals surface area contributed by atoms with Crippen LogP contribution in [0.4, 0.5) is 17.1 Å². The molecule has 27 heavy (non-hydrogen) atoms. The molecule has 0 spiro atoms. The van der Waals surface area contributed by atoms with E-state index in [-0.39, 0.29) is 4.90 Å². The maximum atomic E-state index is 12.8. The monoisotopic (exact) mass is 398 g/mol. The molecule has 0 aromatic heterocycles. The molecule has 1 heterocycles. The van der Waals surface area contributed by atoms with Crippen LogP contribution in [-0.4, -0.2) is 15.5 Å². The lowest BCUT2D eigenvalue weighted by molar-refractivity contribution is 0.414. The van der Waals surface area contributed by atoms with Gasteiger partial charge in [0.2, 0.25) is 0 Å². The second-order valence-electron chi connectivity index (χ2n) is 6.03. The maximum absolute atomic E-state index is 12.8. The Morgan fingerprint density at radius 2 is 1.78 bits per heavy atom. The van der Waals surface area contributed by atoms with Gasteiger partial charge in [0.1, 0.15) is 5.75 Å². The number of thioether (sulfide) groups is 1. The molecule has 0 atom stereocenters. The van der Waals surface area contributed by atoms with E-state index in [4.69, 9.17) is 4.74 Å². The lowest BCUT2D eigenvalue weighted by Gasteiger charge is -2.16. The van der Waals surface area contributed by atoms with E-state index in [1.54, 1.807) is 37.1 Å². The zero-order valence-corrected chi connectivity index (χ0v) is 16.2. The first-order valence-corrected chi connectivity index (χ1v) is 10.8. The molecule has 4 rings (SSSR count). The zero-order valence-electron chi connectivity index (χ0n) is 14.6. The lowest BCUT2D eigenvalue weighted by atomic mass is 10.2. The predicted octanol–water partition coefficient (Wildman–Crippen LogP) is 4.85. The van der Waals surface area contributed by atoms with E-state index in [9.17, 15) is 8.42 Å². The Balaban J connectivity index is 1.69. The summed E-state index contributed by atoms with van der Waals surface area (Å²) in [6, 6.07) is 20.0. The molecule has 2 N–H and O–H groups in total. The van der Waals surface area contributed by atoms with Crippen LogP contribution < -0.4 is 14.8 Å². The number of sulfonamides is 1. The van der Waals surface area contributed by atoms with Crippen molar-refractivity contribution in [3.63, 3.8) is 0 Å². The van der Waals surface area contributed by atoms with Crippen molar-refractivity contribution < 1.29 is 13.2 Å². The third-order valence-electron chi connectivity index (χ3n) is 4.30. The van der Waals surface area contributed by atoms with E-state index in [1.807, 2.05) is 30.3 Å². The van der Waals surface area contributed by atoms with Gasteiger partial charge in [0.05, 0.1) is 23.4 Å². The van der Waals surface area contributed by atoms with Gasteiger partial charge < -0.3 is 10.1 Å². The summed E-state index contributed by atoms with van der Waals surface area (Å²) in [7, 11) is -2.17. The number of fused-ring (bicyclic) bond motifs is 2. The van der Waals surface area contributed by atoms with Crippen LogP contribution in [0, 0.1) is 0 Å². The molecule has 3 aromatic carbocycles. The average Bonchev–Trinajstić information content (AvgIpc) is 2.88. The Hall–Kier alpha value is -2.64. The quantitative estimate of drug-likeness (QED) is 0.658. The number of ether oxygens (including phenoxy) is 1. The zero-order chi connectivity index (χ0) is 18.9. The fourth-order valence-corrected chi connectivity index (χ4v) is 5.00. The molecule has 5 nitrogen and oxygen atoms in total. The van der Waals surface area contributed by atoms with Crippen molar-refractivity contribution in [2.75, 3.05) is 17.1 Å². The normalized spacial score (nSPS) is 12.9. The van der Waals surface area contributed by atoms with Gasteiger partial charge in [0.25, 0.3) is 10.0 Å². The molecular formula is C20H18N2O3S2. The van der Waals surface area contributed by atoms with Crippen LogP contribution >= 0.6 is 11.8 Å². The second-order valence-corrected chi connectivity index (χ2v) is 8.73. The fourth-order valence-electron chi connectivity index (χ4n) is 2.88. The highest BCUT2D eigenvalue weighted by atomic mass is 32.2. The number of rotatable bonds is 4. The summed E-state index contributed by atoms with van der Waals surface area (Å²) in [6.07, 6.45) is 0. The molecule has 7 heteroatoms. The van der Waals surface area contributed by atoms with Gasteiger partial charge >= 0.3 is 0 Å². The Morgan fingerprint density at radius 1 is 1.00 bits per heavy atom. The Morgan fingerprint density at radius 3 is 2.56 bits per heavy atom. The number of anilines is 3. The summed E-state index contributed by atoms with van der Waals surface area (Å²) in [4.78, 5) is 1.18. The first-order chi connectivity index (χ1) is 13.1. The summed E-state index contributed by atoms with van der Waals surface area (Å²) < 4.78 is 33.5. The predicted molar refractivity (Wildman–Crippen MR) is 110 cm³/mol. The van der Waals surface area contributed by atoms with Crippen LogP contribution in [0.5, 0.6) is 5.75 Å². The fraction of sp³-hybridized carbons (Fsp3) is 0.100. The van der Waals surface area contributed by atoms with E-state index in [1.165, 1.54) is 17.7 Å². The van der Waals surface area contributed by atoms with Crippen molar-refractivity contribution in [1.82, 2.24) is 0 Å². The Labute approximate surface area is 162 Å². The van der Waals surface area contributed by atoms with Crippen LogP contribution in [0.25, 0.3) is 0 Å². The molecule has 0 aliphatic carbocycles. The number of methoxy groups -OCH3 is 1. The van der Waals surface area contributed by atoms with Gasteiger partial charge in [0, 0.05) is 16.3 Å². The highest BCUT2D eigenvalue weighted by Gasteiger charge is 2.20. The van der Waals surface area contributed by atoms with Gasteiger partial charge in [-0.1, -0.05) is 24.3 Å². The number of hydrogen-bond acceptors (Lipinski definition) is 5.